The van der Waals surface area contributed by atoms with Gasteiger partial charge in [-0.2, -0.15) is 4.72 Å². The fourth-order valence-electron chi connectivity index (χ4n) is 6.52. The van der Waals surface area contributed by atoms with Crippen molar-refractivity contribution in [1.29, 1.82) is 0 Å². The number of ether oxygens (including phenoxy) is 4. The van der Waals surface area contributed by atoms with Crippen LogP contribution in [0.25, 0.3) is 0 Å². The number of alkyl halides is 1. The van der Waals surface area contributed by atoms with E-state index in [9.17, 15) is 36.4 Å². The van der Waals surface area contributed by atoms with Crippen molar-refractivity contribution in [3.8, 4) is 0 Å². The van der Waals surface area contributed by atoms with Crippen LogP contribution in [0.3, 0.4) is 0 Å². The van der Waals surface area contributed by atoms with Gasteiger partial charge in [-0.1, -0.05) is 94.6 Å². The summed E-state index contributed by atoms with van der Waals surface area (Å²) in [4.78, 5) is 46.0. The number of sulfonamides is 1. The number of rotatable bonds is 18. The zero-order chi connectivity index (χ0) is 55.1. The second-order valence-corrected chi connectivity index (χ2v) is 21.0. The molecule has 0 amide bonds. The normalized spacial score (nSPS) is 10.7. The standard InChI is InChI=1S/C16H16Br2FNO2.C15H13Br3FNO2.C11H15NO2.C10H13NO4S/c1-3-12-13(16(21)22-4-2)14(17)15(18)20(12)9-10-5-7-11(19)8-6-10;1-2-22-15(21)12-11(7-16)20(14(18)13(12)17)8-9-3-5-10(19)6-4-9;1-9-3-5-10(6-4-9)7-12-8-11(13)14-2;1-8-3-5-9(6-4-8)16(13,14)11-7-10(12)15-2/h5-8H,3-4,9H2,1-2H3;3-6H,2,7-8H2,1H3;3-6,12H,7-8H2,1-2H3;3-6,11H,7H2,1-2H3. The Kier molecular flexibility index (Phi) is 27.7. The number of aromatic nitrogens is 2. The molecule has 0 saturated heterocycles. The summed E-state index contributed by atoms with van der Waals surface area (Å²) in [7, 11) is -1.05. The summed E-state index contributed by atoms with van der Waals surface area (Å²) < 4.78 is 77.4. The Morgan fingerprint density at radius 2 is 0.973 bits per heavy atom. The lowest BCUT2D eigenvalue weighted by molar-refractivity contribution is -0.140. The predicted octanol–water partition coefficient (Wildman–Crippen LogP) is 11.9. The van der Waals surface area contributed by atoms with Gasteiger partial charge >= 0.3 is 23.9 Å². The molecule has 0 aliphatic rings. The van der Waals surface area contributed by atoms with E-state index in [1.165, 1.54) is 61.7 Å². The summed E-state index contributed by atoms with van der Waals surface area (Å²) >= 11 is 17.3. The molecule has 14 nitrogen and oxygen atoms in total. The summed E-state index contributed by atoms with van der Waals surface area (Å²) in [6, 6.07) is 27.1. The molecule has 6 aromatic rings. The second-order valence-electron chi connectivity index (χ2n) is 15.6. The van der Waals surface area contributed by atoms with Crippen LogP contribution in [0.15, 0.2) is 120 Å². The smallest absolute Gasteiger partial charge is 0.341 e. The van der Waals surface area contributed by atoms with Gasteiger partial charge in [0.2, 0.25) is 10.0 Å². The van der Waals surface area contributed by atoms with Crippen LogP contribution in [0.1, 0.15) is 80.7 Å². The maximum Gasteiger partial charge on any atom is 0.341 e. The third-order valence-electron chi connectivity index (χ3n) is 10.3. The first-order valence-electron chi connectivity index (χ1n) is 22.6. The molecule has 400 valence electrons. The van der Waals surface area contributed by atoms with Gasteiger partial charge in [-0.15, -0.1) is 0 Å². The number of aryl methyl sites for hydroxylation is 2. The van der Waals surface area contributed by atoms with E-state index < -0.39 is 16.0 Å². The number of nitrogens with zero attached hydrogens (tertiary/aromatic N) is 2. The molecule has 0 bridgehead atoms. The van der Waals surface area contributed by atoms with Crippen LogP contribution in [0.4, 0.5) is 8.78 Å². The van der Waals surface area contributed by atoms with Crippen molar-refractivity contribution in [2.75, 3.05) is 40.5 Å². The van der Waals surface area contributed by atoms with Crippen LogP contribution in [-0.4, -0.2) is 82.0 Å². The molecular weight excluding hydrogens is 1310 g/mol. The second kappa shape index (κ2) is 32.1. The molecule has 2 aromatic heterocycles. The van der Waals surface area contributed by atoms with Crippen molar-refractivity contribution >= 4 is 114 Å². The van der Waals surface area contributed by atoms with E-state index >= 15 is 0 Å². The van der Waals surface area contributed by atoms with E-state index in [-0.39, 0.29) is 47.5 Å². The number of carbonyl (C=O) groups excluding carboxylic acids is 4. The lowest BCUT2D eigenvalue weighted by atomic mass is 10.1. The topological polar surface area (TPSA) is 173 Å². The summed E-state index contributed by atoms with van der Waals surface area (Å²) in [5, 5.41) is 3.49. The first-order valence-corrected chi connectivity index (χ1v) is 28.4. The van der Waals surface area contributed by atoms with Gasteiger partial charge in [0, 0.05) is 36.4 Å². The molecule has 0 radical (unpaired) electrons. The minimum Gasteiger partial charge on any atom is -0.468 e. The minimum atomic E-state index is -3.63. The average molecular weight is 1370 g/mol. The highest BCUT2D eigenvalue weighted by Crippen LogP contribution is 2.36. The fraction of sp³-hybridized carbons (Fsp3) is 0.308. The molecule has 0 spiro atoms. The lowest BCUT2D eigenvalue weighted by Crippen LogP contribution is -2.30. The summed E-state index contributed by atoms with van der Waals surface area (Å²) in [5.41, 5.74) is 7.96. The minimum absolute atomic E-state index is 0.127. The van der Waals surface area contributed by atoms with Crippen molar-refractivity contribution in [1.82, 2.24) is 19.2 Å². The van der Waals surface area contributed by atoms with Crippen molar-refractivity contribution in [3.63, 3.8) is 0 Å². The Bertz CT molecular complexity index is 2780. The van der Waals surface area contributed by atoms with Crippen molar-refractivity contribution in [2.45, 2.75) is 70.9 Å². The monoisotopic (exact) mass is 1360 g/mol. The van der Waals surface area contributed by atoms with Crippen LogP contribution >= 0.6 is 79.6 Å². The number of methoxy groups -OCH3 is 2. The predicted molar refractivity (Wildman–Crippen MR) is 298 cm³/mol. The zero-order valence-electron chi connectivity index (χ0n) is 41.6. The molecule has 74 heavy (non-hydrogen) atoms. The quantitative estimate of drug-likeness (QED) is 0.0476. The molecule has 6 rings (SSSR count). The van der Waals surface area contributed by atoms with E-state index in [2.05, 4.69) is 111 Å². The molecule has 0 atom stereocenters. The van der Waals surface area contributed by atoms with E-state index in [1.54, 1.807) is 50.2 Å². The van der Waals surface area contributed by atoms with Crippen LogP contribution in [0.5, 0.6) is 0 Å². The van der Waals surface area contributed by atoms with Crippen LogP contribution in [0, 0.1) is 25.5 Å². The zero-order valence-corrected chi connectivity index (χ0v) is 50.4. The number of hydrogen-bond acceptors (Lipinski definition) is 11. The molecule has 4 aromatic carbocycles. The Balaban J connectivity index is 0.000000265. The summed E-state index contributed by atoms with van der Waals surface area (Å²) in [5.74, 6) is -2.12. The molecular formula is C52H57Br5F2N4O10S. The highest BCUT2D eigenvalue weighted by atomic mass is 79.9. The molecule has 22 heteroatoms. The number of esters is 4. The SMILES string of the molecule is CCOC(=O)c1c(Br)c(Br)n(Cc2ccc(F)cc2)c1CBr.CCOC(=O)c1c(Br)c(Br)n(Cc2ccc(F)cc2)c1CC.COC(=O)CNCc1ccc(C)cc1.COC(=O)CNS(=O)(=O)c1ccc(C)cc1. The summed E-state index contributed by atoms with van der Waals surface area (Å²) in [6.45, 7) is 11.7. The number of carbonyl (C=O) groups is 4. The molecule has 0 saturated carbocycles. The summed E-state index contributed by atoms with van der Waals surface area (Å²) in [6.07, 6.45) is 0.680. The van der Waals surface area contributed by atoms with Gasteiger partial charge in [0.15, 0.2) is 0 Å². The number of nitrogens with one attached hydrogen (secondary N) is 2. The molecule has 0 fully saturated rings. The van der Waals surface area contributed by atoms with Gasteiger partial charge in [0.1, 0.15) is 27.4 Å². The number of hydrogen-bond donors (Lipinski definition) is 2. The van der Waals surface area contributed by atoms with Crippen molar-refractivity contribution in [2.24, 2.45) is 0 Å². The molecule has 2 N–H and O–H groups in total. The first-order chi connectivity index (χ1) is 35.2. The highest BCUT2D eigenvalue weighted by Gasteiger charge is 2.27. The third-order valence-corrected chi connectivity index (χ3v) is 16.6. The Morgan fingerprint density at radius 3 is 1.38 bits per heavy atom. The van der Waals surface area contributed by atoms with Crippen molar-refractivity contribution < 1.29 is 55.3 Å². The Labute approximate surface area is 473 Å². The third kappa shape index (κ3) is 19.5. The Morgan fingerprint density at radius 1 is 0.581 bits per heavy atom. The van der Waals surface area contributed by atoms with Gasteiger partial charge in [-0.3, -0.25) is 9.59 Å². The molecule has 0 unspecified atom stereocenters. The van der Waals surface area contributed by atoms with Crippen molar-refractivity contribution in [3.05, 3.63) is 177 Å². The van der Waals surface area contributed by atoms with Gasteiger partial charge in [-0.05, 0) is 151 Å². The molecule has 2 heterocycles. The fourth-order valence-corrected chi connectivity index (χ4v) is 10.4. The van der Waals surface area contributed by atoms with E-state index in [4.69, 9.17) is 9.47 Å². The average Bonchev–Trinajstić information content (AvgIpc) is 3.77. The van der Waals surface area contributed by atoms with Crippen LogP contribution in [-0.2, 0) is 69.9 Å². The molecule has 0 aliphatic heterocycles. The van der Waals surface area contributed by atoms with E-state index in [0.717, 1.165) is 37.3 Å². The van der Waals surface area contributed by atoms with Gasteiger partial charge in [-0.25, -0.2) is 26.8 Å². The maximum absolute atomic E-state index is 13.0. The van der Waals surface area contributed by atoms with Gasteiger partial charge in [0.25, 0.3) is 0 Å². The lowest BCUT2D eigenvalue weighted by Gasteiger charge is -2.11. The van der Waals surface area contributed by atoms with Crippen LogP contribution < -0.4 is 10.0 Å². The highest BCUT2D eigenvalue weighted by molar-refractivity contribution is 9.13. The van der Waals surface area contributed by atoms with Crippen LogP contribution in [0.2, 0.25) is 0 Å². The Hall–Kier alpha value is -4.55. The number of halogens is 7. The van der Waals surface area contributed by atoms with E-state index in [0.29, 0.717) is 64.7 Å². The number of benzene rings is 4. The van der Waals surface area contributed by atoms with Gasteiger partial charge < -0.3 is 33.4 Å². The largest absolute Gasteiger partial charge is 0.468 e. The first kappa shape index (κ1) is 63.7. The van der Waals surface area contributed by atoms with E-state index in [1.807, 2.05) is 42.0 Å². The molecule has 0 aliphatic carbocycles. The maximum atomic E-state index is 13.0. The van der Waals surface area contributed by atoms with Gasteiger partial charge in [0.05, 0.1) is 58.9 Å².